The number of pyridine rings is 1. The number of nitrogens with zero attached hydrogens (tertiary/aromatic N) is 2. The van der Waals surface area contributed by atoms with Gasteiger partial charge in [0.25, 0.3) is 0 Å². The summed E-state index contributed by atoms with van der Waals surface area (Å²) in [6.07, 6.45) is 8.78. The molecule has 11 nitrogen and oxygen atoms in total. The van der Waals surface area contributed by atoms with Gasteiger partial charge in [-0.3, -0.25) is 19.1 Å². The highest BCUT2D eigenvalue weighted by Crippen LogP contribution is 2.57. The van der Waals surface area contributed by atoms with Crippen molar-refractivity contribution in [1.82, 2.24) is 14.6 Å². The van der Waals surface area contributed by atoms with Gasteiger partial charge in [-0.25, -0.2) is 13.4 Å². The fourth-order valence-electron chi connectivity index (χ4n) is 8.36. The molecule has 3 fully saturated rings. The van der Waals surface area contributed by atoms with E-state index in [-0.39, 0.29) is 37.0 Å². The molecule has 4 aliphatic rings. The van der Waals surface area contributed by atoms with E-state index in [1.54, 1.807) is 18.9 Å². The highest BCUT2D eigenvalue weighted by Gasteiger charge is 2.62. The van der Waals surface area contributed by atoms with E-state index < -0.39 is 44.3 Å². The number of anilines is 1. The van der Waals surface area contributed by atoms with E-state index in [9.17, 15) is 22.8 Å². The van der Waals surface area contributed by atoms with Crippen molar-refractivity contribution in [3.05, 3.63) is 97.1 Å². The van der Waals surface area contributed by atoms with Crippen LogP contribution in [0.5, 0.6) is 11.5 Å². The van der Waals surface area contributed by atoms with Gasteiger partial charge in [-0.05, 0) is 75.6 Å². The minimum absolute atomic E-state index is 0.151. The third-order valence-corrected chi connectivity index (χ3v) is 14.5. The molecule has 0 spiro atoms. The number of rotatable bonds is 9. The van der Waals surface area contributed by atoms with Gasteiger partial charge in [0.1, 0.15) is 23.6 Å². The normalized spacial score (nSPS) is 26.6. The number of nitrogens with one attached hydrogen (secondary N) is 2. The summed E-state index contributed by atoms with van der Waals surface area (Å²) in [5.41, 5.74) is 1.87. The fraction of sp³-hybridized carbons (Fsp3) is 0.422. The average Bonchev–Trinajstić information content (AvgIpc) is 4.10. The van der Waals surface area contributed by atoms with Crippen molar-refractivity contribution in [3.63, 3.8) is 0 Å². The minimum atomic E-state index is -3.92. The average molecular weight is 791 g/mol. The lowest BCUT2D eigenvalue weighted by Gasteiger charge is -2.30. The standard InChI is InChI=1S/C45H50N4O7S/c1-44(22-23-44)57(53,54)48-43(52)45-27-31(45)16-10-4-3-5-13-19-36(46-32-17-11-7-12-18-32)42(51)49-29-34(25-39(49)40(50)28-45)56-41-26-37(30-14-8-6-9-15-30)47-38-24-33(55-2)20-21-35(38)41/h6-12,14-18,20-21,24,26,31,34,36,39,46H,3-5,13,19,22-23,25,27-29H2,1-2H3,(H,48,52)/b16-10-/t31-,34+,36-,39-,45+/m0/s1. The van der Waals surface area contributed by atoms with Gasteiger partial charge in [0, 0.05) is 41.6 Å². The van der Waals surface area contributed by atoms with E-state index >= 15 is 0 Å². The number of hydrogen-bond acceptors (Lipinski definition) is 9. The van der Waals surface area contributed by atoms with Gasteiger partial charge in [0.05, 0.1) is 41.1 Å². The molecular weight excluding hydrogens is 741 g/mol. The quantitative estimate of drug-likeness (QED) is 0.168. The van der Waals surface area contributed by atoms with Crippen molar-refractivity contribution in [2.75, 3.05) is 19.0 Å². The number of carbonyl (C=O) groups excluding carboxylic acids is 3. The smallest absolute Gasteiger partial charge is 0.245 e. The molecule has 4 aromatic rings. The number of allylic oxidation sites excluding steroid dienone is 2. The summed E-state index contributed by atoms with van der Waals surface area (Å²) >= 11 is 0. The van der Waals surface area contributed by atoms with Crippen molar-refractivity contribution in [3.8, 4) is 22.8 Å². The zero-order chi connectivity index (χ0) is 39.8. The molecular formula is C45H50N4O7S. The number of hydrogen-bond donors (Lipinski definition) is 2. The van der Waals surface area contributed by atoms with Crippen LogP contribution in [0.2, 0.25) is 0 Å². The van der Waals surface area contributed by atoms with Crippen LogP contribution in [-0.4, -0.2) is 72.5 Å². The Morgan fingerprint density at radius 2 is 1.70 bits per heavy atom. The second-order valence-electron chi connectivity index (χ2n) is 16.4. The van der Waals surface area contributed by atoms with Crippen LogP contribution >= 0.6 is 0 Å². The Kier molecular flexibility index (Phi) is 10.6. The second kappa shape index (κ2) is 15.6. The summed E-state index contributed by atoms with van der Waals surface area (Å²) in [5, 5.41) is 4.22. The minimum Gasteiger partial charge on any atom is -0.497 e. The van der Waals surface area contributed by atoms with Gasteiger partial charge in [-0.2, -0.15) is 0 Å². The maximum Gasteiger partial charge on any atom is 0.245 e. The van der Waals surface area contributed by atoms with Crippen LogP contribution in [0, 0.1) is 11.3 Å². The van der Waals surface area contributed by atoms with Gasteiger partial charge in [-0.1, -0.05) is 73.5 Å². The highest BCUT2D eigenvalue weighted by molar-refractivity contribution is 7.91. The first-order valence-corrected chi connectivity index (χ1v) is 21.6. The van der Waals surface area contributed by atoms with Crippen molar-refractivity contribution in [1.29, 1.82) is 0 Å². The van der Waals surface area contributed by atoms with Crippen LogP contribution in [0.3, 0.4) is 0 Å². The molecule has 298 valence electrons. The first kappa shape index (κ1) is 38.6. The van der Waals surface area contributed by atoms with E-state index in [4.69, 9.17) is 14.5 Å². The van der Waals surface area contributed by atoms with E-state index in [2.05, 4.69) is 16.1 Å². The molecule has 3 heterocycles. The molecule has 1 aromatic heterocycles. The number of Topliss-reactive ketones (excluding diaryl/α,β-unsaturated/α-hetero) is 1. The molecule has 2 aliphatic heterocycles. The van der Waals surface area contributed by atoms with Gasteiger partial charge in [0.2, 0.25) is 21.8 Å². The van der Waals surface area contributed by atoms with Gasteiger partial charge >= 0.3 is 0 Å². The molecule has 1 saturated heterocycles. The second-order valence-corrected chi connectivity index (χ2v) is 18.6. The summed E-state index contributed by atoms with van der Waals surface area (Å²) in [6, 6.07) is 25.4. The fourth-order valence-corrected chi connectivity index (χ4v) is 9.69. The molecule has 0 unspecified atom stereocenters. The molecule has 5 atom stereocenters. The van der Waals surface area contributed by atoms with E-state index in [1.165, 1.54) is 0 Å². The van der Waals surface area contributed by atoms with E-state index in [1.807, 2.05) is 91.0 Å². The summed E-state index contributed by atoms with van der Waals surface area (Å²) in [4.78, 5) is 50.1. The van der Waals surface area contributed by atoms with Crippen LogP contribution in [0.25, 0.3) is 22.2 Å². The Balaban J connectivity index is 1.14. The van der Waals surface area contributed by atoms with Crippen LogP contribution in [0.4, 0.5) is 5.69 Å². The molecule has 2 aliphatic carbocycles. The highest BCUT2D eigenvalue weighted by atomic mass is 32.2. The molecule has 3 aromatic carbocycles. The Morgan fingerprint density at radius 3 is 2.44 bits per heavy atom. The lowest BCUT2D eigenvalue weighted by atomic mass is 9.91. The first-order valence-electron chi connectivity index (χ1n) is 20.1. The van der Waals surface area contributed by atoms with Gasteiger partial charge in [0.15, 0.2) is 5.78 Å². The Labute approximate surface area is 334 Å². The molecule has 2 saturated carbocycles. The van der Waals surface area contributed by atoms with Crippen molar-refractivity contribution < 1.29 is 32.3 Å². The number of aromatic nitrogens is 1. The Bertz CT molecular complexity index is 2300. The van der Waals surface area contributed by atoms with Crippen LogP contribution < -0.4 is 19.5 Å². The monoisotopic (exact) mass is 790 g/mol. The molecule has 8 rings (SSSR count). The van der Waals surface area contributed by atoms with E-state index in [0.717, 1.165) is 42.3 Å². The van der Waals surface area contributed by atoms with Crippen molar-refractivity contribution in [2.45, 2.75) is 94.1 Å². The predicted molar refractivity (Wildman–Crippen MR) is 219 cm³/mol. The zero-order valence-electron chi connectivity index (χ0n) is 32.5. The first-order chi connectivity index (χ1) is 27.5. The van der Waals surface area contributed by atoms with Gasteiger partial charge in [-0.15, -0.1) is 0 Å². The van der Waals surface area contributed by atoms with E-state index in [0.29, 0.717) is 48.4 Å². The van der Waals surface area contributed by atoms with Crippen LogP contribution in [0.15, 0.2) is 97.1 Å². The molecule has 2 N–H and O–H groups in total. The number of ether oxygens (including phenoxy) is 2. The number of methoxy groups -OCH3 is 1. The number of fused-ring (bicyclic) bond motifs is 3. The van der Waals surface area contributed by atoms with Crippen LogP contribution in [0.1, 0.15) is 71.1 Å². The Morgan fingerprint density at radius 1 is 0.947 bits per heavy atom. The molecule has 2 amide bonds. The zero-order valence-corrected chi connectivity index (χ0v) is 33.3. The maximum absolute atomic E-state index is 14.8. The Hall–Kier alpha value is -5.23. The summed E-state index contributed by atoms with van der Waals surface area (Å²) in [7, 11) is -2.32. The molecule has 0 radical (unpaired) electrons. The van der Waals surface area contributed by atoms with Crippen molar-refractivity contribution in [2.24, 2.45) is 11.3 Å². The molecule has 0 bridgehead atoms. The maximum atomic E-state index is 14.8. The molecule has 57 heavy (non-hydrogen) atoms. The summed E-state index contributed by atoms with van der Waals surface area (Å²) < 4.78 is 40.3. The number of ketones is 1. The molecule has 12 heteroatoms. The topological polar surface area (TPSA) is 144 Å². The lowest BCUT2D eigenvalue weighted by molar-refractivity contribution is -0.139. The lowest BCUT2D eigenvalue weighted by Crippen LogP contribution is -2.49. The number of sulfonamides is 1. The SMILES string of the molecule is COc1ccc2c(O[C@@H]3C[C@H]4C(=O)C[C@]5(C(=O)NS(=O)(=O)C6(C)CC6)C[C@@H]5/C=C\CCCCC[C@H](Nc5ccccc5)C(=O)N4C3)cc(-c3ccccc3)nc2c1. The number of para-hydroxylation sites is 1. The third kappa shape index (κ3) is 8.01. The summed E-state index contributed by atoms with van der Waals surface area (Å²) in [6.45, 7) is 1.79. The largest absolute Gasteiger partial charge is 0.497 e. The number of benzene rings is 3. The van der Waals surface area contributed by atoms with Crippen LogP contribution in [-0.2, 0) is 24.4 Å². The van der Waals surface area contributed by atoms with Crippen molar-refractivity contribution >= 4 is 44.2 Å². The number of carbonyl (C=O) groups is 3. The summed E-state index contributed by atoms with van der Waals surface area (Å²) in [5.74, 6) is -0.192. The van der Waals surface area contributed by atoms with Gasteiger partial charge < -0.3 is 19.7 Å². The third-order valence-electron chi connectivity index (χ3n) is 12.3. The number of amides is 2. The predicted octanol–water partition coefficient (Wildman–Crippen LogP) is 7.22.